The zero-order valence-electron chi connectivity index (χ0n) is 6.57. The molecule has 0 bridgehead atoms. The molecule has 0 saturated carbocycles. The van der Waals surface area contributed by atoms with Crippen LogP contribution in [-0.4, -0.2) is 0 Å². The Morgan fingerprint density at radius 2 is 2.00 bits per heavy atom. The van der Waals surface area contributed by atoms with Crippen molar-refractivity contribution < 1.29 is 0 Å². The summed E-state index contributed by atoms with van der Waals surface area (Å²) in [5.41, 5.74) is 6.69. The summed E-state index contributed by atoms with van der Waals surface area (Å²) in [4.78, 5) is 0.905. The Hall–Kier alpha value is -0.980. The lowest BCUT2D eigenvalue weighted by Crippen LogP contribution is -2.08. The van der Waals surface area contributed by atoms with Crippen molar-refractivity contribution in [2.24, 2.45) is 5.73 Å². The molecule has 0 amide bonds. The van der Waals surface area contributed by atoms with Crippen molar-refractivity contribution in [3.8, 4) is 6.07 Å². The molecule has 2 N–H and O–H groups in total. The predicted octanol–water partition coefficient (Wildman–Crippen LogP) is 1.89. The van der Waals surface area contributed by atoms with Gasteiger partial charge in [-0.15, -0.1) is 12.6 Å². The van der Waals surface area contributed by atoms with E-state index in [1.165, 1.54) is 0 Å². The van der Waals surface area contributed by atoms with E-state index < -0.39 is 0 Å². The van der Waals surface area contributed by atoms with Crippen LogP contribution >= 0.6 is 12.6 Å². The third kappa shape index (κ3) is 2.26. The van der Waals surface area contributed by atoms with E-state index in [0.29, 0.717) is 6.42 Å². The van der Waals surface area contributed by atoms with Gasteiger partial charge in [-0.2, -0.15) is 5.26 Å². The Labute approximate surface area is 77.4 Å². The number of hydrogen-bond donors (Lipinski definition) is 2. The highest BCUT2D eigenvalue weighted by molar-refractivity contribution is 7.80. The van der Waals surface area contributed by atoms with Gasteiger partial charge in [-0.25, -0.2) is 0 Å². The molecule has 1 atom stereocenters. The smallest absolute Gasteiger partial charge is 0.0641 e. The highest BCUT2D eigenvalue weighted by Gasteiger charge is 2.03. The molecule has 0 aliphatic rings. The first kappa shape index (κ1) is 9.11. The van der Waals surface area contributed by atoms with Crippen molar-refractivity contribution in [1.82, 2.24) is 0 Å². The molecule has 0 spiro atoms. The average molecular weight is 178 g/mol. The largest absolute Gasteiger partial charge is 0.323 e. The Morgan fingerprint density at radius 3 is 2.50 bits per heavy atom. The maximum absolute atomic E-state index is 8.41. The lowest BCUT2D eigenvalue weighted by atomic mass is 10.1. The minimum atomic E-state index is -0.177. The fourth-order valence-corrected chi connectivity index (χ4v) is 1.09. The van der Waals surface area contributed by atoms with Gasteiger partial charge in [0.05, 0.1) is 12.5 Å². The van der Waals surface area contributed by atoms with Gasteiger partial charge in [-0.3, -0.25) is 0 Å². The van der Waals surface area contributed by atoms with Gasteiger partial charge >= 0.3 is 0 Å². The molecule has 12 heavy (non-hydrogen) atoms. The number of nitrogens with two attached hydrogens (primary N) is 1. The lowest BCUT2D eigenvalue weighted by molar-refractivity contribution is 0.747. The van der Waals surface area contributed by atoms with Crippen LogP contribution in [0.3, 0.4) is 0 Å². The molecule has 62 valence electrons. The first-order chi connectivity index (χ1) is 5.74. The fraction of sp³-hybridized carbons (Fsp3) is 0.222. The van der Waals surface area contributed by atoms with E-state index >= 15 is 0 Å². The summed E-state index contributed by atoms with van der Waals surface area (Å²) in [5.74, 6) is 0. The monoisotopic (exact) mass is 178 g/mol. The van der Waals surface area contributed by atoms with Gasteiger partial charge in [-0.1, -0.05) is 12.1 Å². The van der Waals surface area contributed by atoms with Gasteiger partial charge in [0.2, 0.25) is 0 Å². The van der Waals surface area contributed by atoms with E-state index in [9.17, 15) is 0 Å². The highest BCUT2D eigenvalue weighted by Crippen LogP contribution is 2.15. The quantitative estimate of drug-likeness (QED) is 0.679. The molecular weight excluding hydrogens is 168 g/mol. The van der Waals surface area contributed by atoms with Crippen molar-refractivity contribution in [1.29, 1.82) is 5.26 Å². The highest BCUT2D eigenvalue weighted by atomic mass is 32.1. The number of benzene rings is 1. The minimum Gasteiger partial charge on any atom is -0.323 e. The van der Waals surface area contributed by atoms with Gasteiger partial charge in [0.25, 0.3) is 0 Å². The van der Waals surface area contributed by atoms with Crippen molar-refractivity contribution in [2.75, 3.05) is 0 Å². The van der Waals surface area contributed by atoms with Crippen LogP contribution in [0.15, 0.2) is 29.2 Å². The number of nitrogens with zero attached hydrogens (tertiary/aromatic N) is 1. The summed E-state index contributed by atoms with van der Waals surface area (Å²) in [6.45, 7) is 0. The molecule has 1 aromatic carbocycles. The number of nitriles is 1. The van der Waals surface area contributed by atoms with E-state index in [1.807, 2.05) is 30.3 Å². The van der Waals surface area contributed by atoms with Crippen LogP contribution in [0.2, 0.25) is 0 Å². The van der Waals surface area contributed by atoms with Crippen LogP contribution in [0.1, 0.15) is 18.0 Å². The zero-order valence-corrected chi connectivity index (χ0v) is 7.46. The molecule has 1 unspecified atom stereocenters. The van der Waals surface area contributed by atoms with E-state index in [1.54, 1.807) is 0 Å². The van der Waals surface area contributed by atoms with Crippen molar-refractivity contribution in [2.45, 2.75) is 17.4 Å². The van der Waals surface area contributed by atoms with Gasteiger partial charge in [0, 0.05) is 10.9 Å². The van der Waals surface area contributed by atoms with Gasteiger partial charge < -0.3 is 5.73 Å². The molecule has 1 rings (SSSR count). The summed E-state index contributed by atoms with van der Waals surface area (Å²) < 4.78 is 0. The normalized spacial score (nSPS) is 12.1. The molecular formula is C9H10N2S. The Morgan fingerprint density at radius 1 is 1.42 bits per heavy atom. The molecule has 0 aliphatic carbocycles. The Bertz CT molecular complexity index is 286. The fourth-order valence-electron chi connectivity index (χ4n) is 0.938. The maximum Gasteiger partial charge on any atom is 0.0641 e. The third-order valence-corrected chi connectivity index (χ3v) is 1.93. The summed E-state index contributed by atoms with van der Waals surface area (Å²) in [6.07, 6.45) is 0.353. The molecule has 0 fully saturated rings. The first-order valence-corrected chi connectivity index (χ1v) is 4.10. The van der Waals surface area contributed by atoms with E-state index in [4.69, 9.17) is 11.0 Å². The van der Waals surface area contributed by atoms with E-state index in [-0.39, 0.29) is 6.04 Å². The molecule has 2 nitrogen and oxygen atoms in total. The van der Waals surface area contributed by atoms with Crippen LogP contribution in [-0.2, 0) is 0 Å². The lowest BCUT2D eigenvalue weighted by Gasteiger charge is -2.06. The summed E-state index contributed by atoms with van der Waals surface area (Å²) in [7, 11) is 0. The Balaban J connectivity index is 2.76. The topological polar surface area (TPSA) is 49.8 Å². The molecule has 3 heteroatoms. The first-order valence-electron chi connectivity index (χ1n) is 3.65. The van der Waals surface area contributed by atoms with E-state index in [0.717, 1.165) is 10.5 Å². The van der Waals surface area contributed by atoms with Gasteiger partial charge in [0.1, 0.15) is 0 Å². The number of hydrogen-bond acceptors (Lipinski definition) is 3. The average Bonchev–Trinajstić information content (AvgIpc) is 2.06. The maximum atomic E-state index is 8.41. The molecule has 0 aromatic heterocycles. The minimum absolute atomic E-state index is 0.177. The standard InChI is InChI=1S/C9H10N2S/c10-6-5-9(11)7-1-3-8(12)4-2-7/h1-4,9,12H,5,11H2. The van der Waals surface area contributed by atoms with Crippen molar-refractivity contribution >= 4 is 12.6 Å². The van der Waals surface area contributed by atoms with Crippen LogP contribution < -0.4 is 5.73 Å². The second kappa shape index (κ2) is 4.15. The van der Waals surface area contributed by atoms with Crippen molar-refractivity contribution in [3.63, 3.8) is 0 Å². The van der Waals surface area contributed by atoms with Gasteiger partial charge in [-0.05, 0) is 17.7 Å². The summed E-state index contributed by atoms with van der Waals surface area (Å²) in [5, 5.41) is 8.41. The predicted molar refractivity (Wildman–Crippen MR) is 50.9 cm³/mol. The summed E-state index contributed by atoms with van der Waals surface area (Å²) in [6, 6.07) is 9.39. The number of rotatable bonds is 2. The second-order valence-electron chi connectivity index (χ2n) is 2.56. The van der Waals surface area contributed by atoms with Gasteiger partial charge in [0.15, 0.2) is 0 Å². The molecule has 0 radical (unpaired) electrons. The van der Waals surface area contributed by atoms with Crippen LogP contribution in [0.5, 0.6) is 0 Å². The van der Waals surface area contributed by atoms with Crippen LogP contribution in [0, 0.1) is 11.3 Å². The third-order valence-electron chi connectivity index (χ3n) is 1.63. The van der Waals surface area contributed by atoms with Crippen LogP contribution in [0.4, 0.5) is 0 Å². The summed E-state index contributed by atoms with van der Waals surface area (Å²) >= 11 is 4.15. The zero-order chi connectivity index (χ0) is 8.97. The van der Waals surface area contributed by atoms with Crippen LogP contribution in [0.25, 0.3) is 0 Å². The Kier molecular flexibility index (Phi) is 3.15. The SMILES string of the molecule is N#CCC(N)c1ccc(S)cc1. The number of thiol groups is 1. The molecule has 1 aromatic rings. The molecule has 0 aliphatic heterocycles. The van der Waals surface area contributed by atoms with E-state index in [2.05, 4.69) is 12.6 Å². The molecule has 0 heterocycles. The van der Waals surface area contributed by atoms with Crippen molar-refractivity contribution in [3.05, 3.63) is 29.8 Å². The second-order valence-corrected chi connectivity index (χ2v) is 3.08. The molecule has 0 saturated heterocycles.